The van der Waals surface area contributed by atoms with Crippen molar-refractivity contribution < 1.29 is 32.6 Å². The minimum absolute atomic E-state index is 0.110. The molecule has 0 aliphatic rings. The molecule has 0 spiro atoms. The number of hydrogen-bond acceptors (Lipinski definition) is 7. The molecule has 4 rings (SSSR count). The van der Waals surface area contributed by atoms with E-state index in [1.165, 1.54) is 6.33 Å². The van der Waals surface area contributed by atoms with Crippen LogP contribution in [0.2, 0.25) is 0 Å². The van der Waals surface area contributed by atoms with Gasteiger partial charge in [0.15, 0.2) is 0 Å². The molecule has 0 atom stereocenters. The molecular formula is C29H32F3N5O4. The first-order valence-electron chi connectivity index (χ1n) is 12.8. The predicted molar refractivity (Wildman–Crippen MR) is 149 cm³/mol. The molecule has 0 aliphatic heterocycles. The van der Waals surface area contributed by atoms with Crippen molar-refractivity contribution >= 4 is 23.2 Å². The number of ether oxygens (including phenoxy) is 1. The average Bonchev–Trinajstić information content (AvgIpc) is 3.30. The van der Waals surface area contributed by atoms with Crippen LogP contribution in [-0.2, 0) is 16.0 Å². The normalized spacial score (nSPS) is 11.2. The summed E-state index contributed by atoms with van der Waals surface area (Å²) >= 11 is 0. The number of pyridine rings is 1. The highest BCUT2D eigenvalue weighted by Gasteiger charge is 2.28. The molecule has 3 heterocycles. The quantitative estimate of drug-likeness (QED) is 0.266. The van der Waals surface area contributed by atoms with E-state index in [-0.39, 0.29) is 12.5 Å². The van der Waals surface area contributed by atoms with Crippen LogP contribution < -0.4 is 9.64 Å². The van der Waals surface area contributed by atoms with E-state index in [1.54, 1.807) is 18.3 Å². The number of carboxylic acid groups (broad SMARTS) is 1. The van der Waals surface area contributed by atoms with Crippen molar-refractivity contribution in [2.75, 3.05) is 19.0 Å². The van der Waals surface area contributed by atoms with E-state index in [0.29, 0.717) is 17.0 Å². The Labute approximate surface area is 235 Å². The lowest BCUT2D eigenvalue weighted by Gasteiger charge is -2.14. The van der Waals surface area contributed by atoms with Gasteiger partial charge in [-0.1, -0.05) is 0 Å². The van der Waals surface area contributed by atoms with E-state index in [2.05, 4.69) is 15.0 Å². The van der Waals surface area contributed by atoms with Crippen LogP contribution in [0.5, 0.6) is 5.75 Å². The lowest BCUT2D eigenvalue weighted by molar-refractivity contribution is -0.143. The van der Waals surface area contributed by atoms with Gasteiger partial charge in [-0.25, -0.2) is 15.0 Å². The number of carbonyl (C=O) groups is 2. The van der Waals surface area contributed by atoms with Crippen LogP contribution in [0.15, 0.2) is 55.1 Å². The molecule has 1 aromatic carbocycles. The van der Waals surface area contributed by atoms with Crippen molar-refractivity contribution in [1.29, 1.82) is 0 Å². The highest BCUT2D eigenvalue weighted by molar-refractivity contribution is 5.82. The molecule has 0 fully saturated rings. The second-order valence-corrected chi connectivity index (χ2v) is 9.82. The molecular weight excluding hydrogens is 539 g/mol. The highest BCUT2D eigenvalue weighted by atomic mass is 19.4. The number of ketones is 1. The second-order valence-electron chi connectivity index (χ2n) is 9.82. The van der Waals surface area contributed by atoms with Gasteiger partial charge >= 0.3 is 6.18 Å². The van der Waals surface area contributed by atoms with E-state index in [4.69, 9.17) is 14.6 Å². The monoisotopic (exact) mass is 571 g/mol. The molecule has 4 aromatic rings. The van der Waals surface area contributed by atoms with Crippen molar-refractivity contribution in [2.45, 2.75) is 52.3 Å². The van der Waals surface area contributed by atoms with Gasteiger partial charge in [-0.15, -0.1) is 0 Å². The van der Waals surface area contributed by atoms with Gasteiger partial charge < -0.3 is 14.7 Å². The van der Waals surface area contributed by atoms with Gasteiger partial charge in [0.2, 0.25) is 0 Å². The number of nitrogens with zero attached hydrogens (tertiary/aromatic N) is 5. The van der Waals surface area contributed by atoms with Gasteiger partial charge in [0, 0.05) is 57.3 Å². The molecule has 0 unspecified atom stereocenters. The number of aromatic nitrogens is 4. The molecule has 0 radical (unpaired) electrons. The van der Waals surface area contributed by atoms with E-state index in [1.807, 2.05) is 67.7 Å². The van der Waals surface area contributed by atoms with Crippen molar-refractivity contribution in [2.24, 2.45) is 0 Å². The summed E-state index contributed by atoms with van der Waals surface area (Å²) in [6.07, 6.45) is -1.15. The number of hydrogen-bond donors (Lipinski definition) is 1. The highest BCUT2D eigenvalue weighted by Crippen LogP contribution is 2.30. The summed E-state index contributed by atoms with van der Waals surface area (Å²) in [6.45, 7) is 4.84. The number of benzene rings is 1. The number of carboxylic acids is 1. The summed E-state index contributed by atoms with van der Waals surface area (Å²) in [6, 6.07) is 11.1. The summed E-state index contributed by atoms with van der Waals surface area (Å²) in [5, 5.41) is 7.42. The second kappa shape index (κ2) is 13.2. The molecule has 0 saturated carbocycles. The zero-order valence-corrected chi connectivity index (χ0v) is 23.4. The average molecular weight is 572 g/mol. The number of aliphatic carboxylic acids is 1. The van der Waals surface area contributed by atoms with Crippen LogP contribution in [0.4, 0.5) is 19.0 Å². The fourth-order valence-corrected chi connectivity index (χ4v) is 3.95. The Bertz CT molecular complexity index is 1510. The Morgan fingerprint density at radius 3 is 2.39 bits per heavy atom. The minimum atomic E-state index is -4.36. The Balaban J connectivity index is 0.00000108. The molecule has 1 N–H and O–H groups in total. The first-order valence-corrected chi connectivity index (χ1v) is 12.8. The summed E-state index contributed by atoms with van der Waals surface area (Å²) in [4.78, 5) is 36.4. The molecule has 0 saturated heterocycles. The number of rotatable bonds is 9. The number of halogens is 3. The first kappa shape index (κ1) is 31.1. The first-order chi connectivity index (χ1) is 19.2. The van der Waals surface area contributed by atoms with Gasteiger partial charge in [0.1, 0.15) is 29.3 Å². The number of Topliss-reactive ketones (excluding diaryl/α,β-unsaturated/α-hetero) is 1. The standard InChI is InChI=1S/C27H28F3N5O2.C2H4O2/c1-17(2)37-22-11-18(10-21(36)5-7-27(28,29)30)9-20(12-22)24-15-31-26-13-19(6-8-35(24)26)23-14-25(34(3)4)33-16-32-23;1-2(3)4/h6,8-9,11-17H,5,7,10H2,1-4H3;1H3,(H,3,4). The maximum atomic E-state index is 12.6. The van der Waals surface area contributed by atoms with Gasteiger partial charge in [-0.05, 0) is 49.7 Å². The van der Waals surface area contributed by atoms with Crippen LogP contribution in [0, 0.1) is 0 Å². The number of alkyl halides is 3. The van der Waals surface area contributed by atoms with E-state index >= 15 is 0 Å². The Hall–Kier alpha value is -4.48. The molecule has 3 aromatic heterocycles. The predicted octanol–water partition coefficient (Wildman–Crippen LogP) is 5.86. The number of imidazole rings is 1. The fourth-order valence-electron chi connectivity index (χ4n) is 3.95. The van der Waals surface area contributed by atoms with Crippen LogP contribution >= 0.6 is 0 Å². The minimum Gasteiger partial charge on any atom is -0.491 e. The third-order valence-corrected chi connectivity index (χ3v) is 5.64. The Morgan fingerprint density at radius 1 is 1.05 bits per heavy atom. The van der Waals surface area contributed by atoms with Crippen LogP contribution in [-0.4, -0.2) is 62.6 Å². The van der Waals surface area contributed by atoms with Crippen LogP contribution in [0.1, 0.15) is 39.2 Å². The van der Waals surface area contributed by atoms with E-state index in [9.17, 15) is 18.0 Å². The summed E-state index contributed by atoms with van der Waals surface area (Å²) in [5.74, 6) is 0.0118. The smallest absolute Gasteiger partial charge is 0.389 e. The largest absolute Gasteiger partial charge is 0.491 e. The van der Waals surface area contributed by atoms with E-state index < -0.39 is 30.8 Å². The summed E-state index contributed by atoms with van der Waals surface area (Å²) < 4.78 is 45.5. The molecule has 0 amide bonds. The maximum absolute atomic E-state index is 12.6. The SMILES string of the molecule is CC(=O)O.CC(C)Oc1cc(CC(=O)CCC(F)(F)F)cc(-c2cnc3cc(-c4cc(N(C)C)ncn4)ccn23)c1. The molecule has 12 heteroatoms. The molecule has 41 heavy (non-hydrogen) atoms. The number of carbonyl (C=O) groups excluding carboxylic acids is 1. The van der Waals surface area contributed by atoms with E-state index in [0.717, 1.165) is 35.3 Å². The lowest BCUT2D eigenvalue weighted by atomic mass is 10.0. The Kier molecular flexibility index (Phi) is 10.0. The molecule has 0 aliphatic carbocycles. The molecule has 218 valence electrons. The fraction of sp³-hybridized carbons (Fsp3) is 0.345. The third-order valence-electron chi connectivity index (χ3n) is 5.64. The maximum Gasteiger partial charge on any atom is 0.389 e. The Morgan fingerprint density at radius 2 is 1.76 bits per heavy atom. The lowest BCUT2D eigenvalue weighted by Crippen LogP contribution is -2.12. The topological polar surface area (TPSA) is 110 Å². The zero-order valence-electron chi connectivity index (χ0n) is 23.4. The molecule has 0 bridgehead atoms. The van der Waals surface area contributed by atoms with Crippen molar-refractivity contribution in [3.8, 4) is 28.3 Å². The van der Waals surface area contributed by atoms with Crippen LogP contribution in [0.25, 0.3) is 28.2 Å². The van der Waals surface area contributed by atoms with Crippen molar-refractivity contribution in [3.05, 3.63) is 60.7 Å². The third kappa shape index (κ3) is 9.30. The van der Waals surface area contributed by atoms with Gasteiger partial charge in [-0.3, -0.25) is 14.0 Å². The van der Waals surface area contributed by atoms with Crippen LogP contribution in [0.3, 0.4) is 0 Å². The van der Waals surface area contributed by atoms with Gasteiger partial charge in [-0.2, -0.15) is 13.2 Å². The van der Waals surface area contributed by atoms with Gasteiger partial charge in [0.05, 0.1) is 30.1 Å². The number of anilines is 1. The number of fused-ring (bicyclic) bond motifs is 1. The van der Waals surface area contributed by atoms with Crippen molar-refractivity contribution in [1.82, 2.24) is 19.4 Å². The van der Waals surface area contributed by atoms with Crippen molar-refractivity contribution in [3.63, 3.8) is 0 Å². The summed E-state index contributed by atoms with van der Waals surface area (Å²) in [5.41, 5.74) is 4.42. The summed E-state index contributed by atoms with van der Waals surface area (Å²) in [7, 11) is 3.82. The zero-order chi connectivity index (χ0) is 30.3. The molecule has 9 nitrogen and oxygen atoms in total. The van der Waals surface area contributed by atoms with Gasteiger partial charge in [0.25, 0.3) is 5.97 Å².